The summed E-state index contributed by atoms with van der Waals surface area (Å²) in [6.45, 7) is 3.94. The molecule has 0 bridgehead atoms. The number of halogens is 1. The van der Waals surface area contributed by atoms with E-state index in [1.54, 1.807) is 0 Å². The molecule has 0 radical (unpaired) electrons. The minimum atomic E-state index is -0.512. The monoisotopic (exact) mass is 295 g/mol. The molecule has 19 heavy (non-hydrogen) atoms. The van der Waals surface area contributed by atoms with Crippen LogP contribution in [0.1, 0.15) is 11.1 Å². The fourth-order valence-electron chi connectivity index (χ4n) is 1.56. The van der Waals surface area contributed by atoms with Crippen LogP contribution in [-0.4, -0.2) is 14.9 Å². The maximum Gasteiger partial charge on any atom is 0.319 e. The van der Waals surface area contributed by atoms with Gasteiger partial charge in [-0.25, -0.2) is 9.97 Å². The number of nitro groups is 1. The SMILES string of the molecule is Cc1ccc(Sc2nc(Cl)ncc2[N+](=O)[O-])c(C)c1. The molecule has 0 saturated carbocycles. The molecule has 0 atom stereocenters. The summed E-state index contributed by atoms with van der Waals surface area (Å²) in [6, 6.07) is 5.87. The Kier molecular flexibility index (Phi) is 4.01. The van der Waals surface area contributed by atoms with Gasteiger partial charge in [0.2, 0.25) is 5.28 Å². The lowest BCUT2D eigenvalue weighted by molar-refractivity contribution is -0.388. The zero-order chi connectivity index (χ0) is 14.0. The number of hydrogen-bond acceptors (Lipinski definition) is 5. The van der Waals surface area contributed by atoms with Crippen LogP contribution >= 0.6 is 23.4 Å². The topological polar surface area (TPSA) is 68.9 Å². The summed E-state index contributed by atoms with van der Waals surface area (Å²) in [4.78, 5) is 18.9. The Bertz CT molecular complexity index is 649. The minimum absolute atomic E-state index is 0.00198. The highest BCUT2D eigenvalue weighted by molar-refractivity contribution is 7.99. The second kappa shape index (κ2) is 5.54. The van der Waals surface area contributed by atoms with E-state index in [4.69, 9.17) is 11.6 Å². The van der Waals surface area contributed by atoms with Gasteiger partial charge >= 0.3 is 5.69 Å². The number of rotatable bonds is 3. The number of benzene rings is 1. The predicted octanol–water partition coefficient (Wildman–Crippen LogP) is 3.81. The van der Waals surface area contributed by atoms with Crippen molar-refractivity contribution >= 4 is 29.1 Å². The molecule has 0 aliphatic heterocycles. The van der Waals surface area contributed by atoms with E-state index in [9.17, 15) is 10.1 Å². The number of aryl methyl sites for hydroxylation is 2. The first-order chi connectivity index (χ1) is 8.97. The third-order valence-corrected chi connectivity index (χ3v) is 3.79. The Hall–Kier alpha value is -1.66. The molecule has 0 saturated heterocycles. The van der Waals surface area contributed by atoms with Gasteiger partial charge < -0.3 is 0 Å². The highest BCUT2D eigenvalue weighted by Crippen LogP contribution is 2.35. The molecule has 0 aliphatic rings. The smallest absolute Gasteiger partial charge is 0.258 e. The third kappa shape index (κ3) is 3.21. The first-order valence-corrected chi connectivity index (χ1v) is 6.59. The molecule has 2 rings (SSSR count). The Labute approximate surface area is 119 Å². The third-order valence-electron chi connectivity index (χ3n) is 2.44. The Morgan fingerprint density at radius 2 is 2.11 bits per heavy atom. The van der Waals surface area contributed by atoms with E-state index in [0.29, 0.717) is 0 Å². The molecule has 98 valence electrons. The van der Waals surface area contributed by atoms with Crippen LogP contribution in [0.4, 0.5) is 5.69 Å². The van der Waals surface area contributed by atoms with Crippen LogP contribution in [0, 0.1) is 24.0 Å². The molecule has 5 nitrogen and oxygen atoms in total. The van der Waals surface area contributed by atoms with Gasteiger partial charge in [0.25, 0.3) is 0 Å². The van der Waals surface area contributed by atoms with E-state index in [0.717, 1.165) is 22.2 Å². The van der Waals surface area contributed by atoms with Crippen LogP contribution < -0.4 is 0 Å². The predicted molar refractivity (Wildman–Crippen MR) is 73.7 cm³/mol. The Balaban J connectivity index is 2.42. The van der Waals surface area contributed by atoms with E-state index in [2.05, 4.69) is 9.97 Å². The van der Waals surface area contributed by atoms with Crippen LogP contribution in [0.5, 0.6) is 0 Å². The van der Waals surface area contributed by atoms with E-state index >= 15 is 0 Å². The minimum Gasteiger partial charge on any atom is -0.258 e. The molecule has 2 aromatic rings. The molecule has 1 heterocycles. The van der Waals surface area contributed by atoms with Crippen LogP contribution in [0.3, 0.4) is 0 Å². The highest BCUT2D eigenvalue weighted by atomic mass is 35.5. The van der Waals surface area contributed by atoms with E-state index in [1.165, 1.54) is 11.8 Å². The quantitative estimate of drug-likeness (QED) is 0.373. The van der Waals surface area contributed by atoms with Gasteiger partial charge in [-0.05, 0) is 37.1 Å². The van der Waals surface area contributed by atoms with E-state index in [1.807, 2.05) is 32.0 Å². The van der Waals surface area contributed by atoms with Crippen molar-refractivity contribution in [2.75, 3.05) is 0 Å². The number of aromatic nitrogens is 2. The Morgan fingerprint density at radius 3 is 2.74 bits per heavy atom. The highest BCUT2D eigenvalue weighted by Gasteiger charge is 2.18. The number of nitrogens with zero attached hydrogens (tertiary/aromatic N) is 3. The summed E-state index contributed by atoms with van der Waals surface area (Å²) >= 11 is 6.91. The molecule has 0 unspecified atom stereocenters. The maximum absolute atomic E-state index is 10.9. The first-order valence-electron chi connectivity index (χ1n) is 5.39. The second-order valence-electron chi connectivity index (χ2n) is 3.96. The Morgan fingerprint density at radius 1 is 1.37 bits per heavy atom. The molecule has 0 fully saturated rings. The van der Waals surface area contributed by atoms with Crippen molar-refractivity contribution in [1.29, 1.82) is 0 Å². The van der Waals surface area contributed by atoms with Gasteiger partial charge in [-0.3, -0.25) is 10.1 Å². The van der Waals surface area contributed by atoms with Crippen molar-refractivity contribution in [2.45, 2.75) is 23.8 Å². The van der Waals surface area contributed by atoms with Crippen molar-refractivity contribution in [3.05, 3.63) is 50.9 Å². The molecule has 1 aromatic heterocycles. The fraction of sp³-hybridized carbons (Fsp3) is 0.167. The van der Waals surface area contributed by atoms with Gasteiger partial charge in [-0.1, -0.05) is 29.5 Å². The van der Waals surface area contributed by atoms with Gasteiger partial charge in [-0.2, -0.15) is 0 Å². The van der Waals surface area contributed by atoms with E-state index < -0.39 is 4.92 Å². The summed E-state index contributed by atoms with van der Waals surface area (Å²) in [5, 5.41) is 11.2. The summed E-state index contributed by atoms with van der Waals surface area (Å²) in [5.74, 6) is 0. The summed E-state index contributed by atoms with van der Waals surface area (Å²) in [6.07, 6.45) is 1.13. The van der Waals surface area contributed by atoms with Gasteiger partial charge in [0.15, 0.2) is 5.03 Å². The molecule has 1 aromatic carbocycles. The number of hydrogen-bond donors (Lipinski definition) is 0. The molecular formula is C12H10ClN3O2S. The van der Waals surface area contributed by atoms with Crippen molar-refractivity contribution in [1.82, 2.24) is 9.97 Å². The van der Waals surface area contributed by atoms with Crippen LogP contribution in [0.25, 0.3) is 0 Å². The van der Waals surface area contributed by atoms with Crippen molar-refractivity contribution in [3.63, 3.8) is 0 Å². The van der Waals surface area contributed by atoms with Crippen LogP contribution in [0.2, 0.25) is 5.28 Å². The van der Waals surface area contributed by atoms with Gasteiger partial charge in [0, 0.05) is 4.90 Å². The van der Waals surface area contributed by atoms with Gasteiger partial charge in [-0.15, -0.1) is 0 Å². The maximum atomic E-state index is 10.9. The van der Waals surface area contributed by atoms with Crippen molar-refractivity contribution in [2.24, 2.45) is 0 Å². The van der Waals surface area contributed by atoms with Crippen molar-refractivity contribution < 1.29 is 4.92 Å². The average Bonchev–Trinajstić information content (AvgIpc) is 2.32. The van der Waals surface area contributed by atoms with E-state index in [-0.39, 0.29) is 16.0 Å². The zero-order valence-corrected chi connectivity index (χ0v) is 11.8. The van der Waals surface area contributed by atoms with Gasteiger partial charge in [0.05, 0.1) is 4.92 Å². The molecular weight excluding hydrogens is 286 g/mol. The average molecular weight is 296 g/mol. The van der Waals surface area contributed by atoms with Crippen LogP contribution in [-0.2, 0) is 0 Å². The first kappa shape index (κ1) is 13.8. The molecule has 7 heteroatoms. The van der Waals surface area contributed by atoms with Gasteiger partial charge in [0.1, 0.15) is 6.20 Å². The zero-order valence-electron chi connectivity index (χ0n) is 10.3. The molecule has 0 N–H and O–H groups in total. The lowest BCUT2D eigenvalue weighted by atomic mass is 10.2. The normalized spacial score (nSPS) is 10.5. The summed E-state index contributed by atoms with van der Waals surface area (Å²) < 4.78 is 0. The second-order valence-corrected chi connectivity index (χ2v) is 5.33. The summed E-state index contributed by atoms with van der Waals surface area (Å²) in [7, 11) is 0. The standard InChI is InChI=1S/C12H10ClN3O2S/c1-7-3-4-10(8(2)5-7)19-11-9(16(17)18)6-14-12(13)15-11/h3-6H,1-2H3. The fourth-order valence-corrected chi connectivity index (χ4v) is 2.67. The molecule has 0 spiro atoms. The lowest BCUT2D eigenvalue weighted by Gasteiger charge is -2.06. The molecule has 0 aliphatic carbocycles. The lowest BCUT2D eigenvalue weighted by Crippen LogP contribution is -1.96. The largest absolute Gasteiger partial charge is 0.319 e. The molecule has 0 amide bonds. The summed E-state index contributed by atoms with van der Waals surface area (Å²) in [5.41, 5.74) is 2.03. The van der Waals surface area contributed by atoms with Crippen LogP contribution in [0.15, 0.2) is 34.3 Å². The van der Waals surface area contributed by atoms with Crippen molar-refractivity contribution in [3.8, 4) is 0 Å².